The topological polar surface area (TPSA) is 26.3 Å². The van der Waals surface area contributed by atoms with Crippen LogP contribution >= 0.6 is 0 Å². The van der Waals surface area contributed by atoms with Crippen LogP contribution in [0.4, 0.5) is 0 Å². The van der Waals surface area contributed by atoms with Gasteiger partial charge in [0.2, 0.25) is 0 Å². The molecule has 0 saturated heterocycles. The van der Waals surface area contributed by atoms with Gasteiger partial charge in [0.15, 0.2) is 0 Å². The van der Waals surface area contributed by atoms with Crippen molar-refractivity contribution in [3.05, 3.63) is 242 Å². The van der Waals surface area contributed by atoms with Crippen LogP contribution in [0, 0.1) is 24.7 Å². The molecule has 3 unspecified atom stereocenters. The molecule has 0 radical (unpaired) electrons. The minimum absolute atomic E-state index is 0.113. The van der Waals surface area contributed by atoms with Crippen molar-refractivity contribution >= 4 is 66.1 Å². The van der Waals surface area contributed by atoms with Crippen molar-refractivity contribution in [2.75, 3.05) is 0 Å². The van der Waals surface area contributed by atoms with E-state index in [0.717, 1.165) is 79.0 Å². The Morgan fingerprint density at radius 1 is 0.571 bits per heavy atom. The van der Waals surface area contributed by atoms with Crippen LogP contribution in [0.3, 0.4) is 0 Å². The van der Waals surface area contributed by atoms with E-state index >= 15 is 0 Å². The Bertz CT molecular complexity index is 3900. The third kappa shape index (κ3) is 7.34. The molecule has 0 spiro atoms. The fraction of sp³-hybridized carbons (Fsp3) is 0.118. The highest BCUT2D eigenvalue weighted by Crippen LogP contribution is 2.54. The SMILES string of the molecule is C=C/C=C(\CC)C1C=c2oc3c(C4=CC=CC5CC45)cc(-c4ccccc4)cc3c3c2c(c2c4cc(-c5ccc(C)cc5)cc(-c5ccccc5)c4oc4cc(-c5ccccc5)cc3c42)C1.C=CC=C. The highest BCUT2D eigenvalue weighted by atomic mass is 16.3. The lowest BCUT2D eigenvalue weighted by atomic mass is 9.78. The largest absolute Gasteiger partial charge is 0.456 e. The quantitative estimate of drug-likeness (QED) is 0.0819. The van der Waals surface area contributed by atoms with Gasteiger partial charge in [0, 0.05) is 49.4 Å². The van der Waals surface area contributed by atoms with E-state index in [4.69, 9.17) is 8.83 Å². The second-order valence-corrected chi connectivity index (χ2v) is 19.1. The first-order valence-corrected chi connectivity index (χ1v) is 24.7. The van der Waals surface area contributed by atoms with Gasteiger partial charge in [-0.25, -0.2) is 0 Å². The van der Waals surface area contributed by atoms with Crippen LogP contribution in [-0.2, 0) is 6.42 Å². The summed E-state index contributed by atoms with van der Waals surface area (Å²) in [6.45, 7) is 15.3. The number of fused-ring (bicyclic) bond motifs is 7. The number of hydrogen-bond donors (Lipinski definition) is 0. The summed E-state index contributed by atoms with van der Waals surface area (Å²) >= 11 is 0. The van der Waals surface area contributed by atoms with Gasteiger partial charge < -0.3 is 8.83 Å². The van der Waals surface area contributed by atoms with Crippen molar-refractivity contribution in [2.45, 2.75) is 33.1 Å². The summed E-state index contributed by atoms with van der Waals surface area (Å²) in [5.41, 5.74) is 19.3. The van der Waals surface area contributed by atoms with E-state index in [1.807, 2.05) is 6.08 Å². The molecule has 10 aromatic rings. The van der Waals surface area contributed by atoms with Crippen LogP contribution in [0.5, 0.6) is 0 Å². The standard InChI is InChI=1S/C64H48O2.C4H6/c1-4-16-39(5-2)47-32-53-59-55-34-45(42-27-25-38(3)26-28-42)30-51(43-21-13-8-14-22-43)63(55)65-58-37-48(41-19-11-7-12-20-41)33-54(62(58)59)60-56-35-46(40-17-9-6-10-18-40)31-52(49-24-15-23-44-29-50(44)49)64(56)66-57(36-47)61(53)60;1-3-4-2/h4,6-28,30-31,33-37,44,47,50H,1,5,29,32H2,2-3H3;3-4H,1-2H2/b39-16+;. The fourth-order valence-corrected chi connectivity index (χ4v) is 11.4. The normalized spacial score (nSPS) is 16.9. The molecular weight excluding hydrogens is 849 g/mol. The molecule has 0 amide bonds. The molecule has 0 N–H and O–H groups in total. The summed E-state index contributed by atoms with van der Waals surface area (Å²) in [5, 5.41) is 8.24. The molecule has 338 valence electrons. The number of rotatable bonds is 9. The maximum absolute atomic E-state index is 7.59. The van der Waals surface area contributed by atoms with Crippen molar-refractivity contribution in [3.63, 3.8) is 0 Å². The van der Waals surface area contributed by atoms with E-state index in [1.54, 1.807) is 12.2 Å². The molecule has 70 heavy (non-hydrogen) atoms. The maximum atomic E-state index is 7.59. The number of hydrogen-bond acceptors (Lipinski definition) is 2. The summed E-state index contributed by atoms with van der Waals surface area (Å²) in [7, 11) is 0. The molecule has 1 saturated carbocycles. The van der Waals surface area contributed by atoms with Gasteiger partial charge >= 0.3 is 0 Å². The van der Waals surface area contributed by atoms with Crippen LogP contribution in [0.2, 0.25) is 0 Å². The van der Waals surface area contributed by atoms with Crippen molar-refractivity contribution in [1.29, 1.82) is 0 Å². The third-order valence-corrected chi connectivity index (χ3v) is 14.9. The van der Waals surface area contributed by atoms with Gasteiger partial charge in [-0.1, -0.05) is 196 Å². The van der Waals surface area contributed by atoms with Crippen molar-refractivity contribution in [1.82, 2.24) is 0 Å². The van der Waals surface area contributed by atoms with Crippen LogP contribution < -0.4 is 5.42 Å². The van der Waals surface area contributed by atoms with E-state index in [1.165, 1.54) is 72.5 Å². The third-order valence-electron chi connectivity index (χ3n) is 14.9. The number of allylic oxidation sites excluding steroid dienone is 9. The minimum Gasteiger partial charge on any atom is -0.456 e. The van der Waals surface area contributed by atoms with E-state index in [-0.39, 0.29) is 5.92 Å². The molecule has 3 atom stereocenters. The second kappa shape index (κ2) is 17.7. The molecule has 13 rings (SSSR count). The Labute approximate surface area is 409 Å². The molecule has 8 aromatic carbocycles. The summed E-state index contributed by atoms with van der Waals surface area (Å²) < 4.78 is 15.1. The van der Waals surface area contributed by atoms with Crippen molar-refractivity contribution in [2.24, 2.45) is 17.8 Å². The maximum Gasteiger partial charge on any atom is 0.143 e. The Balaban J connectivity index is 0.00000122. The lowest BCUT2D eigenvalue weighted by Gasteiger charge is -2.27. The Hall–Kier alpha value is -8.20. The van der Waals surface area contributed by atoms with E-state index in [2.05, 4.69) is 216 Å². The van der Waals surface area contributed by atoms with Gasteiger partial charge in [-0.3, -0.25) is 0 Å². The highest BCUT2D eigenvalue weighted by molar-refractivity contribution is 6.33. The average Bonchev–Trinajstić information content (AvgIpc) is 4.22. The number of benzene rings is 8. The Morgan fingerprint density at radius 2 is 1.16 bits per heavy atom. The Kier molecular flexibility index (Phi) is 10.9. The van der Waals surface area contributed by atoms with Crippen molar-refractivity contribution < 1.29 is 8.83 Å². The molecule has 3 aliphatic carbocycles. The fourth-order valence-electron chi connectivity index (χ4n) is 11.4. The molecule has 1 fully saturated rings. The van der Waals surface area contributed by atoms with E-state index in [0.29, 0.717) is 11.8 Å². The predicted octanol–water partition coefficient (Wildman–Crippen LogP) is 18.3. The van der Waals surface area contributed by atoms with Crippen molar-refractivity contribution in [3.8, 4) is 44.5 Å². The first-order valence-electron chi connectivity index (χ1n) is 24.7. The van der Waals surface area contributed by atoms with Gasteiger partial charge in [-0.05, 0) is 136 Å². The predicted molar refractivity (Wildman–Crippen MR) is 298 cm³/mol. The molecule has 0 bridgehead atoms. The molecular formula is C68H54O2. The lowest BCUT2D eigenvalue weighted by Crippen LogP contribution is -2.19. The summed E-state index contributed by atoms with van der Waals surface area (Å²) in [6.07, 6.45) is 19.8. The van der Waals surface area contributed by atoms with Crippen LogP contribution in [0.15, 0.2) is 228 Å². The first-order chi connectivity index (χ1) is 34.4. The summed E-state index contributed by atoms with van der Waals surface area (Å²) in [5.74, 6) is 1.19. The first kappa shape index (κ1) is 43.1. The zero-order chi connectivity index (χ0) is 47.5. The molecule has 2 heteroatoms. The number of aryl methyl sites for hydroxylation is 1. The lowest BCUT2D eigenvalue weighted by molar-refractivity contribution is 0.561. The molecule has 2 heterocycles. The van der Waals surface area contributed by atoms with E-state index < -0.39 is 0 Å². The molecule has 2 nitrogen and oxygen atoms in total. The molecule has 2 aromatic heterocycles. The van der Waals surface area contributed by atoms with Gasteiger partial charge in [0.25, 0.3) is 0 Å². The van der Waals surface area contributed by atoms with Gasteiger partial charge in [-0.15, -0.1) is 0 Å². The van der Waals surface area contributed by atoms with Gasteiger partial charge in [0.1, 0.15) is 22.2 Å². The zero-order valence-electron chi connectivity index (χ0n) is 39.8. The van der Waals surface area contributed by atoms with E-state index in [9.17, 15) is 0 Å². The minimum atomic E-state index is 0.113. The van der Waals surface area contributed by atoms with Gasteiger partial charge in [-0.2, -0.15) is 0 Å². The Morgan fingerprint density at radius 3 is 1.80 bits per heavy atom. The molecule has 0 aliphatic heterocycles. The average molecular weight is 903 g/mol. The van der Waals surface area contributed by atoms with Gasteiger partial charge in [0.05, 0.1) is 0 Å². The smallest absolute Gasteiger partial charge is 0.143 e. The second-order valence-electron chi connectivity index (χ2n) is 19.1. The zero-order valence-corrected chi connectivity index (χ0v) is 39.8. The molecule has 3 aliphatic rings. The summed E-state index contributed by atoms with van der Waals surface area (Å²) in [6, 6.07) is 55.6. The van der Waals surface area contributed by atoms with Crippen LogP contribution in [0.1, 0.15) is 36.5 Å². The van der Waals surface area contributed by atoms with Crippen LogP contribution in [0.25, 0.3) is 111 Å². The summed E-state index contributed by atoms with van der Waals surface area (Å²) in [4.78, 5) is 0. The monoisotopic (exact) mass is 902 g/mol. The van der Waals surface area contributed by atoms with Crippen LogP contribution in [-0.4, -0.2) is 0 Å². The highest BCUT2D eigenvalue weighted by Gasteiger charge is 2.41.